The molecule has 6 nitrogen and oxygen atoms in total. The van der Waals surface area contributed by atoms with E-state index in [1.807, 2.05) is 24.3 Å². The maximum Gasteiger partial charge on any atom is 0.309 e. The standard InChI is InChI=1S/C32H32N2O4/c1-23(31(37,25-15-7-3-8-16-25)26-17-9-4-10-18-26)33-29(35)30(36)34-24(2)32(38,27-19-11-5-12-20-27)28-21-13-6-14-22-28/h3-24,37-38H,1-2H3,(H,33,35)(H,34,36)/t23-,24-/m0/s1. The molecule has 2 atom stereocenters. The molecule has 194 valence electrons. The van der Waals surface area contributed by atoms with Gasteiger partial charge in [0.15, 0.2) is 0 Å². The van der Waals surface area contributed by atoms with Crippen LogP contribution in [-0.4, -0.2) is 34.1 Å². The molecule has 6 heteroatoms. The zero-order valence-corrected chi connectivity index (χ0v) is 21.4. The number of carbonyl (C=O) groups excluding carboxylic acids is 2. The molecule has 0 aliphatic carbocycles. The van der Waals surface area contributed by atoms with E-state index in [1.165, 1.54) is 0 Å². The van der Waals surface area contributed by atoms with E-state index >= 15 is 0 Å². The Morgan fingerprint density at radius 2 is 0.711 bits per heavy atom. The summed E-state index contributed by atoms with van der Waals surface area (Å²) in [4.78, 5) is 26.2. The number of rotatable bonds is 8. The van der Waals surface area contributed by atoms with E-state index in [-0.39, 0.29) is 0 Å². The van der Waals surface area contributed by atoms with Crippen molar-refractivity contribution in [2.24, 2.45) is 0 Å². The second-order valence-electron chi connectivity index (χ2n) is 9.39. The average Bonchev–Trinajstić information content (AvgIpc) is 2.97. The molecule has 0 fully saturated rings. The first-order valence-electron chi connectivity index (χ1n) is 12.6. The molecule has 0 bridgehead atoms. The lowest BCUT2D eigenvalue weighted by Gasteiger charge is -2.37. The van der Waals surface area contributed by atoms with E-state index in [4.69, 9.17) is 0 Å². The molecule has 0 aliphatic rings. The fraction of sp³-hybridized carbons (Fsp3) is 0.188. The highest BCUT2D eigenvalue weighted by Gasteiger charge is 2.41. The van der Waals surface area contributed by atoms with Crippen LogP contribution in [0.25, 0.3) is 0 Å². The van der Waals surface area contributed by atoms with Crippen molar-refractivity contribution >= 4 is 11.8 Å². The van der Waals surface area contributed by atoms with Crippen molar-refractivity contribution < 1.29 is 19.8 Å². The van der Waals surface area contributed by atoms with Gasteiger partial charge in [-0.2, -0.15) is 0 Å². The third-order valence-electron chi connectivity index (χ3n) is 7.01. The largest absolute Gasteiger partial charge is 0.378 e. The van der Waals surface area contributed by atoms with Crippen LogP contribution in [0.4, 0.5) is 0 Å². The van der Waals surface area contributed by atoms with E-state index in [0.717, 1.165) is 0 Å². The zero-order valence-electron chi connectivity index (χ0n) is 21.4. The van der Waals surface area contributed by atoms with E-state index in [0.29, 0.717) is 22.3 Å². The van der Waals surface area contributed by atoms with Gasteiger partial charge in [-0.25, -0.2) is 0 Å². The van der Waals surface area contributed by atoms with Gasteiger partial charge in [0.25, 0.3) is 0 Å². The smallest absolute Gasteiger partial charge is 0.309 e. The van der Waals surface area contributed by atoms with Crippen LogP contribution >= 0.6 is 0 Å². The number of nitrogens with one attached hydrogen (secondary N) is 2. The number of hydrogen-bond donors (Lipinski definition) is 4. The number of benzene rings is 4. The summed E-state index contributed by atoms with van der Waals surface area (Å²) < 4.78 is 0. The predicted molar refractivity (Wildman–Crippen MR) is 147 cm³/mol. The number of hydrogen-bond acceptors (Lipinski definition) is 4. The topological polar surface area (TPSA) is 98.7 Å². The van der Waals surface area contributed by atoms with Gasteiger partial charge >= 0.3 is 11.8 Å². The van der Waals surface area contributed by atoms with Gasteiger partial charge in [0.2, 0.25) is 0 Å². The van der Waals surface area contributed by atoms with Crippen molar-refractivity contribution in [2.75, 3.05) is 0 Å². The second-order valence-corrected chi connectivity index (χ2v) is 9.39. The highest BCUT2D eigenvalue weighted by molar-refractivity contribution is 6.35. The maximum atomic E-state index is 13.1. The molecule has 0 heterocycles. The predicted octanol–water partition coefficient (Wildman–Crippen LogP) is 3.87. The van der Waals surface area contributed by atoms with Crippen molar-refractivity contribution in [1.29, 1.82) is 0 Å². The Balaban J connectivity index is 1.57. The van der Waals surface area contributed by atoms with E-state index < -0.39 is 35.1 Å². The minimum atomic E-state index is -1.58. The third-order valence-corrected chi connectivity index (χ3v) is 7.01. The Morgan fingerprint density at radius 1 is 0.500 bits per heavy atom. The highest BCUT2D eigenvalue weighted by atomic mass is 16.3. The lowest BCUT2D eigenvalue weighted by Crippen LogP contribution is -2.56. The van der Waals surface area contributed by atoms with Crippen LogP contribution in [0.2, 0.25) is 0 Å². The lowest BCUT2D eigenvalue weighted by atomic mass is 9.80. The monoisotopic (exact) mass is 508 g/mol. The van der Waals surface area contributed by atoms with Crippen molar-refractivity contribution in [3.8, 4) is 0 Å². The Kier molecular flexibility index (Phi) is 8.05. The Hall–Kier alpha value is -4.26. The molecule has 0 aliphatic heterocycles. The summed E-state index contributed by atoms with van der Waals surface area (Å²) in [5, 5.41) is 29.1. The summed E-state index contributed by atoms with van der Waals surface area (Å²) in [5.41, 5.74) is -0.853. The van der Waals surface area contributed by atoms with Gasteiger partial charge in [0.1, 0.15) is 11.2 Å². The first-order valence-corrected chi connectivity index (χ1v) is 12.6. The Bertz CT molecular complexity index is 1160. The molecule has 0 aromatic heterocycles. The van der Waals surface area contributed by atoms with E-state index in [9.17, 15) is 19.8 Å². The maximum absolute atomic E-state index is 13.1. The van der Waals surface area contributed by atoms with Crippen molar-refractivity contribution in [3.05, 3.63) is 144 Å². The molecule has 0 spiro atoms. The molecular formula is C32H32N2O4. The molecule has 38 heavy (non-hydrogen) atoms. The summed E-state index contributed by atoms with van der Waals surface area (Å²) in [6.45, 7) is 3.30. The summed E-state index contributed by atoms with van der Waals surface area (Å²) in [6, 6.07) is 34.3. The number of amides is 2. The fourth-order valence-electron chi connectivity index (χ4n) is 4.84. The second kappa shape index (κ2) is 11.4. The number of aliphatic hydroxyl groups is 2. The van der Waals surface area contributed by atoms with Gasteiger partial charge in [-0.3, -0.25) is 9.59 Å². The van der Waals surface area contributed by atoms with Gasteiger partial charge in [0.05, 0.1) is 12.1 Å². The summed E-state index contributed by atoms with van der Waals surface area (Å²) >= 11 is 0. The van der Waals surface area contributed by atoms with Gasteiger partial charge in [-0.15, -0.1) is 0 Å². The zero-order chi connectivity index (χ0) is 27.2. The van der Waals surface area contributed by atoms with Gasteiger partial charge in [0, 0.05) is 0 Å². The molecule has 4 aromatic carbocycles. The van der Waals surface area contributed by atoms with Crippen molar-refractivity contribution in [1.82, 2.24) is 10.6 Å². The van der Waals surface area contributed by atoms with Crippen LogP contribution in [0.3, 0.4) is 0 Å². The van der Waals surface area contributed by atoms with E-state index in [1.54, 1.807) is 111 Å². The Labute approximate surface area is 223 Å². The highest BCUT2D eigenvalue weighted by Crippen LogP contribution is 2.34. The molecule has 0 radical (unpaired) electrons. The molecule has 0 unspecified atom stereocenters. The van der Waals surface area contributed by atoms with Crippen LogP contribution in [0.15, 0.2) is 121 Å². The normalized spacial score (nSPS) is 13.3. The molecule has 0 saturated heterocycles. The van der Waals surface area contributed by atoms with Gasteiger partial charge in [-0.1, -0.05) is 121 Å². The van der Waals surface area contributed by atoms with Crippen LogP contribution in [-0.2, 0) is 20.8 Å². The van der Waals surface area contributed by atoms with Crippen LogP contribution in [0.5, 0.6) is 0 Å². The van der Waals surface area contributed by atoms with E-state index in [2.05, 4.69) is 10.6 Å². The minimum Gasteiger partial charge on any atom is -0.378 e. The summed E-state index contributed by atoms with van der Waals surface area (Å²) in [6.07, 6.45) is 0. The lowest BCUT2D eigenvalue weighted by molar-refractivity contribution is -0.141. The summed E-state index contributed by atoms with van der Waals surface area (Å²) in [7, 11) is 0. The first-order chi connectivity index (χ1) is 18.3. The fourth-order valence-corrected chi connectivity index (χ4v) is 4.84. The van der Waals surface area contributed by atoms with Crippen molar-refractivity contribution in [2.45, 2.75) is 37.1 Å². The van der Waals surface area contributed by atoms with Crippen molar-refractivity contribution in [3.63, 3.8) is 0 Å². The van der Waals surface area contributed by atoms with Gasteiger partial charge < -0.3 is 20.8 Å². The minimum absolute atomic E-state index is 0.579. The van der Waals surface area contributed by atoms with Crippen LogP contribution < -0.4 is 10.6 Å². The van der Waals surface area contributed by atoms with Crippen LogP contribution in [0.1, 0.15) is 36.1 Å². The third kappa shape index (κ3) is 5.23. The van der Waals surface area contributed by atoms with Crippen LogP contribution in [0, 0.1) is 0 Å². The molecule has 2 amide bonds. The quantitative estimate of drug-likeness (QED) is 0.272. The molecular weight excluding hydrogens is 476 g/mol. The summed E-state index contributed by atoms with van der Waals surface area (Å²) in [5.74, 6) is -1.84. The first kappa shape index (κ1) is 26.8. The molecule has 4 aromatic rings. The average molecular weight is 509 g/mol. The molecule has 0 saturated carbocycles. The van der Waals surface area contributed by atoms with Gasteiger partial charge in [-0.05, 0) is 36.1 Å². The molecule has 4 N–H and O–H groups in total. The SMILES string of the molecule is C[C@H](NC(=O)C(=O)N[C@@H](C)C(O)(c1ccccc1)c1ccccc1)C(O)(c1ccccc1)c1ccccc1. The molecule has 4 rings (SSSR count). The Morgan fingerprint density at radius 3 is 0.921 bits per heavy atom. The number of carbonyl (C=O) groups is 2.